The maximum absolute atomic E-state index is 13.0. The van der Waals surface area contributed by atoms with E-state index in [2.05, 4.69) is 17.4 Å². The zero-order valence-electron chi connectivity index (χ0n) is 17.2. The Kier molecular flexibility index (Phi) is 4.81. The van der Waals surface area contributed by atoms with Crippen molar-refractivity contribution >= 4 is 21.6 Å². The molecule has 0 spiro atoms. The lowest BCUT2D eigenvalue weighted by atomic mass is 9.95. The summed E-state index contributed by atoms with van der Waals surface area (Å²) in [5.41, 5.74) is 5.32. The molecule has 7 heteroatoms. The summed E-state index contributed by atoms with van der Waals surface area (Å²) in [5, 5.41) is 3.14. The van der Waals surface area contributed by atoms with Gasteiger partial charge in [-0.3, -0.25) is 9.10 Å². The Morgan fingerprint density at radius 3 is 2.69 bits per heavy atom. The van der Waals surface area contributed by atoms with E-state index in [9.17, 15) is 13.2 Å². The van der Waals surface area contributed by atoms with Crippen LogP contribution in [0.3, 0.4) is 0 Å². The Labute approximate surface area is 171 Å². The van der Waals surface area contributed by atoms with Gasteiger partial charge in [0.1, 0.15) is 5.75 Å². The molecule has 2 unspecified atom stereocenters. The van der Waals surface area contributed by atoms with E-state index in [0.29, 0.717) is 30.7 Å². The molecule has 2 aromatic rings. The van der Waals surface area contributed by atoms with E-state index < -0.39 is 10.0 Å². The van der Waals surface area contributed by atoms with Crippen molar-refractivity contribution in [2.45, 2.75) is 45.7 Å². The molecule has 1 N–H and O–H groups in total. The van der Waals surface area contributed by atoms with Crippen LogP contribution in [0, 0.1) is 13.8 Å². The molecule has 1 amide bonds. The van der Waals surface area contributed by atoms with Gasteiger partial charge in [-0.25, -0.2) is 8.42 Å². The molecule has 0 radical (unpaired) electrons. The summed E-state index contributed by atoms with van der Waals surface area (Å²) in [6, 6.07) is 9.15. The average molecular weight is 415 g/mol. The summed E-state index contributed by atoms with van der Waals surface area (Å²) in [6.07, 6.45) is 2.53. The summed E-state index contributed by atoms with van der Waals surface area (Å²) < 4.78 is 31.5. The first-order valence-corrected chi connectivity index (χ1v) is 11.7. The van der Waals surface area contributed by atoms with Crippen molar-refractivity contribution in [1.82, 2.24) is 5.32 Å². The number of nitrogens with one attached hydrogen (secondary N) is 1. The number of fused-ring (bicyclic) bond motifs is 2. The fourth-order valence-corrected chi connectivity index (χ4v) is 5.78. The van der Waals surface area contributed by atoms with Gasteiger partial charge >= 0.3 is 0 Å². The van der Waals surface area contributed by atoms with Gasteiger partial charge in [-0.2, -0.15) is 0 Å². The molecule has 0 aromatic heterocycles. The first-order chi connectivity index (χ1) is 13.6. The Bertz CT molecular complexity index is 1090. The molecule has 2 atom stereocenters. The number of hydrogen-bond donors (Lipinski definition) is 1. The van der Waals surface area contributed by atoms with E-state index in [4.69, 9.17) is 4.74 Å². The molecular weight excluding hydrogens is 388 g/mol. The predicted molar refractivity (Wildman–Crippen MR) is 113 cm³/mol. The molecule has 6 nitrogen and oxygen atoms in total. The van der Waals surface area contributed by atoms with Crippen LogP contribution in [-0.4, -0.2) is 33.2 Å². The van der Waals surface area contributed by atoms with Crippen molar-refractivity contribution < 1.29 is 17.9 Å². The highest BCUT2D eigenvalue weighted by atomic mass is 32.2. The Morgan fingerprint density at radius 1 is 1.21 bits per heavy atom. The van der Waals surface area contributed by atoms with Gasteiger partial charge in [0.05, 0.1) is 24.6 Å². The van der Waals surface area contributed by atoms with Crippen molar-refractivity contribution in [2.75, 3.05) is 17.2 Å². The molecular formula is C22H26N2O4S. The third-order valence-electron chi connectivity index (χ3n) is 5.63. The third kappa shape index (κ3) is 3.59. The number of anilines is 1. The SMILES string of the molecule is Cc1cc(C)c2c(c1)C(NC(=O)c1ccc3c(c1)CC(C)N3S(C)(=O)=O)CCO2. The van der Waals surface area contributed by atoms with Crippen LogP contribution in [0.1, 0.15) is 52.0 Å². The second kappa shape index (κ2) is 7.06. The van der Waals surface area contributed by atoms with E-state index in [1.165, 1.54) is 10.6 Å². The van der Waals surface area contributed by atoms with Crippen LogP contribution in [-0.2, 0) is 16.4 Å². The number of ether oxygens (including phenoxy) is 1. The van der Waals surface area contributed by atoms with Gasteiger partial charge in [0.15, 0.2) is 0 Å². The van der Waals surface area contributed by atoms with Gasteiger partial charge in [-0.05, 0) is 56.5 Å². The van der Waals surface area contributed by atoms with E-state index in [1.807, 2.05) is 26.8 Å². The van der Waals surface area contributed by atoms with Crippen molar-refractivity contribution in [2.24, 2.45) is 0 Å². The maximum atomic E-state index is 13.0. The monoisotopic (exact) mass is 414 g/mol. The topological polar surface area (TPSA) is 75.7 Å². The average Bonchev–Trinajstić information content (AvgIpc) is 2.97. The Hall–Kier alpha value is -2.54. The van der Waals surface area contributed by atoms with Crippen LogP contribution < -0.4 is 14.4 Å². The quantitative estimate of drug-likeness (QED) is 0.836. The van der Waals surface area contributed by atoms with Crippen LogP contribution >= 0.6 is 0 Å². The first kappa shape index (κ1) is 19.8. The summed E-state index contributed by atoms with van der Waals surface area (Å²) in [6.45, 7) is 6.50. The number of nitrogens with zero attached hydrogens (tertiary/aromatic N) is 1. The molecule has 0 saturated heterocycles. The Balaban J connectivity index is 1.60. The molecule has 29 heavy (non-hydrogen) atoms. The second-order valence-electron chi connectivity index (χ2n) is 8.12. The highest BCUT2D eigenvalue weighted by molar-refractivity contribution is 7.92. The number of carbonyl (C=O) groups is 1. The number of benzene rings is 2. The number of amides is 1. The molecule has 154 valence electrons. The van der Waals surface area contributed by atoms with Gasteiger partial charge in [-0.15, -0.1) is 0 Å². The number of carbonyl (C=O) groups excluding carboxylic acids is 1. The smallest absolute Gasteiger partial charge is 0.251 e. The molecule has 0 aliphatic carbocycles. The van der Waals surface area contributed by atoms with Crippen molar-refractivity contribution in [3.05, 3.63) is 58.1 Å². The van der Waals surface area contributed by atoms with Crippen LogP contribution in [0.5, 0.6) is 5.75 Å². The van der Waals surface area contributed by atoms with Crippen LogP contribution in [0.25, 0.3) is 0 Å². The zero-order chi connectivity index (χ0) is 20.9. The molecule has 2 aliphatic rings. The minimum absolute atomic E-state index is 0.107. The third-order valence-corrected chi connectivity index (χ3v) is 6.90. The maximum Gasteiger partial charge on any atom is 0.251 e. The summed E-state index contributed by atoms with van der Waals surface area (Å²) in [7, 11) is -3.34. The van der Waals surface area contributed by atoms with Gasteiger partial charge in [-0.1, -0.05) is 17.7 Å². The highest BCUT2D eigenvalue weighted by Crippen LogP contribution is 2.37. The minimum atomic E-state index is -3.34. The van der Waals surface area contributed by atoms with Crippen molar-refractivity contribution in [3.63, 3.8) is 0 Å². The largest absolute Gasteiger partial charge is 0.493 e. The number of rotatable bonds is 3. The van der Waals surface area contributed by atoms with E-state index >= 15 is 0 Å². The summed E-state index contributed by atoms with van der Waals surface area (Å²) in [4.78, 5) is 13.0. The second-order valence-corrected chi connectivity index (χ2v) is 9.98. The molecule has 0 saturated carbocycles. The van der Waals surface area contributed by atoms with Crippen LogP contribution in [0.4, 0.5) is 5.69 Å². The molecule has 0 bridgehead atoms. The fourth-order valence-electron chi connectivity index (χ4n) is 4.52. The zero-order valence-corrected chi connectivity index (χ0v) is 18.0. The van der Waals surface area contributed by atoms with Gasteiger partial charge in [0.25, 0.3) is 5.91 Å². The molecule has 2 aliphatic heterocycles. The van der Waals surface area contributed by atoms with E-state index in [0.717, 1.165) is 28.0 Å². The summed E-state index contributed by atoms with van der Waals surface area (Å²) >= 11 is 0. The molecule has 2 aromatic carbocycles. The number of aryl methyl sites for hydroxylation is 2. The molecule has 4 rings (SSSR count). The van der Waals surface area contributed by atoms with Crippen molar-refractivity contribution in [3.8, 4) is 5.75 Å². The first-order valence-electron chi connectivity index (χ1n) is 9.82. The summed E-state index contributed by atoms with van der Waals surface area (Å²) in [5.74, 6) is 0.703. The molecule has 0 fully saturated rings. The predicted octanol–water partition coefficient (Wildman–Crippen LogP) is 3.27. The highest BCUT2D eigenvalue weighted by Gasteiger charge is 2.33. The minimum Gasteiger partial charge on any atom is -0.493 e. The van der Waals surface area contributed by atoms with Gasteiger partial charge < -0.3 is 10.1 Å². The fraction of sp³-hybridized carbons (Fsp3) is 0.409. The Morgan fingerprint density at radius 2 is 1.97 bits per heavy atom. The van der Waals surface area contributed by atoms with E-state index in [-0.39, 0.29) is 18.0 Å². The number of sulfonamides is 1. The van der Waals surface area contributed by atoms with Gasteiger partial charge in [0, 0.05) is 23.6 Å². The lowest BCUT2D eigenvalue weighted by molar-refractivity contribution is 0.0924. The standard InChI is InChI=1S/C22H26N2O4S/c1-13-9-14(2)21-18(10-13)19(7-8-28-21)23-22(25)16-5-6-20-17(12-16)11-15(3)24(20)29(4,26)27/h5-6,9-10,12,15,19H,7-8,11H2,1-4H3,(H,23,25). The van der Waals surface area contributed by atoms with E-state index in [1.54, 1.807) is 12.1 Å². The van der Waals surface area contributed by atoms with Gasteiger partial charge in [0.2, 0.25) is 10.0 Å². The molecule has 2 heterocycles. The van der Waals surface area contributed by atoms with Crippen LogP contribution in [0.15, 0.2) is 30.3 Å². The van der Waals surface area contributed by atoms with Crippen LogP contribution in [0.2, 0.25) is 0 Å². The number of hydrogen-bond acceptors (Lipinski definition) is 4. The lowest BCUT2D eigenvalue weighted by Gasteiger charge is -2.28. The van der Waals surface area contributed by atoms with Crippen molar-refractivity contribution in [1.29, 1.82) is 0 Å². The lowest BCUT2D eigenvalue weighted by Crippen LogP contribution is -2.34. The normalized spacial score (nSPS) is 20.6.